The highest BCUT2D eigenvalue weighted by Gasteiger charge is 2.16. The lowest BCUT2D eigenvalue weighted by Gasteiger charge is -2.16. The molecular weight excluding hydrogens is 298 g/mol. The molecule has 1 aromatic carbocycles. The zero-order valence-electron chi connectivity index (χ0n) is 9.98. The van der Waals surface area contributed by atoms with E-state index in [4.69, 9.17) is 5.11 Å². The molecule has 0 amide bonds. The van der Waals surface area contributed by atoms with Crippen LogP contribution in [0.4, 0.5) is 0 Å². The maximum absolute atomic E-state index is 12.1. The second-order valence-corrected chi connectivity index (χ2v) is 5.17. The number of carboxylic acids is 1. The van der Waals surface area contributed by atoms with Gasteiger partial charge in [-0.3, -0.25) is 4.79 Å². The molecule has 0 atom stereocenters. The monoisotopic (exact) mass is 309 g/mol. The Morgan fingerprint density at radius 2 is 2.06 bits per heavy atom. The van der Waals surface area contributed by atoms with Crippen LogP contribution in [0.15, 0.2) is 33.7 Å². The van der Waals surface area contributed by atoms with Gasteiger partial charge in [0.1, 0.15) is 5.56 Å². The number of rotatable bonds is 2. The van der Waals surface area contributed by atoms with E-state index in [0.717, 1.165) is 9.99 Å². The molecule has 0 fully saturated rings. The Morgan fingerprint density at radius 1 is 1.39 bits per heavy atom. The molecule has 1 heterocycles. The fraction of sp³-hybridized carbons (Fsp3) is 0.231. The van der Waals surface area contributed by atoms with Crippen molar-refractivity contribution in [1.82, 2.24) is 4.57 Å². The average molecular weight is 310 g/mol. The van der Waals surface area contributed by atoms with Crippen LogP contribution in [0.1, 0.15) is 30.2 Å². The molecule has 0 unspecified atom stereocenters. The first-order valence-corrected chi connectivity index (χ1v) is 6.29. The summed E-state index contributed by atoms with van der Waals surface area (Å²) in [4.78, 5) is 23.2. The van der Waals surface area contributed by atoms with Crippen molar-refractivity contribution < 1.29 is 9.90 Å². The molecule has 2 rings (SSSR count). The van der Waals surface area contributed by atoms with Gasteiger partial charge < -0.3 is 9.67 Å². The Balaban J connectivity index is 3.02. The molecule has 4 nitrogen and oxygen atoms in total. The Morgan fingerprint density at radius 3 is 2.61 bits per heavy atom. The highest BCUT2D eigenvalue weighted by atomic mass is 79.9. The summed E-state index contributed by atoms with van der Waals surface area (Å²) in [6.45, 7) is 3.88. The van der Waals surface area contributed by atoms with E-state index in [2.05, 4.69) is 15.9 Å². The van der Waals surface area contributed by atoms with Gasteiger partial charge in [-0.25, -0.2) is 4.79 Å². The molecule has 1 N–H and O–H groups in total. The Bertz CT molecular complexity index is 688. The lowest BCUT2D eigenvalue weighted by atomic mass is 10.1. The third-order valence-electron chi connectivity index (χ3n) is 2.79. The number of halogens is 1. The largest absolute Gasteiger partial charge is 0.477 e. The fourth-order valence-corrected chi connectivity index (χ4v) is 2.50. The highest BCUT2D eigenvalue weighted by Crippen LogP contribution is 2.24. The van der Waals surface area contributed by atoms with E-state index in [-0.39, 0.29) is 11.6 Å². The summed E-state index contributed by atoms with van der Waals surface area (Å²) in [5, 5.41) is 9.49. The second kappa shape index (κ2) is 4.57. The predicted molar refractivity (Wildman–Crippen MR) is 73.3 cm³/mol. The molecule has 1 aromatic heterocycles. The van der Waals surface area contributed by atoms with Crippen LogP contribution in [0, 0.1) is 0 Å². The van der Waals surface area contributed by atoms with Crippen LogP contribution in [-0.2, 0) is 0 Å². The maximum Gasteiger partial charge on any atom is 0.341 e. The number of carboxylic acid groups (broad SMARTS) is 1. The minimum Gasteiger partial charge on any atom is -0.477 e. The molecule has 0 aliphatic carbocycles. The lowest BCUT2D eigenvalue weighted by molar-refractivity contribution is 0.0695. The summed E-state index contributed by atoms with van der Waals surface area (Å²) in [5.74, 6) is -1.20. The Hall–Kier alpha value is -1.62. The Labute approximate surface area is 112 Å². The number of benzene rings is 1. The topological polar surface area (TPSA) is 59.3 Å². The molecule has 0 spiro atoms. The van der Waals surface area contributed by atoms with Gasteiger partial charge in [0.15, 0.2) is 0 Å². The normalized spacial score (nSPS) is 11.1. The van der Waals surface area contributed by atoms with Gasteiger partial charge in [-0.1, -0.05) is 6.07 Å². The number of para-hydroxylation sites is 1. The number of pyridine rings is 1. The number of aromatic nitrogens is 1. The van der Waals surface area contributed by atoms with Crippen molar-refractivity contribution in [2.45, 2.75) is 19.9 Å². The fourth-order valence-electron chi connectivity index (χ4n) is 1.93. The number of carbonyl (C=O) groups is 1. The standard InChI is InChI=1S/C13H12BrNO3/c1-7(2)15-6-9(13(17)18)12(16)8-4-3-5-10(14)11(8)15/h3-7H,1-2H3,(H,17,18). The van der Waals surface area contributed by atoms with E-state index < -0.39 is 11.4 Å². The van der Waals surface area contributed by atoms with Crippen LogP contribution < -0.4 is 5.43 Å². The first-order valence-electron chi connectivity index (χ1n) is 5.50. The van der Waals surface area contributed by atoms with Crippen LogP contribution >= 0.6 is 15.9 Å². The average Bonchev–Trinajstić information content (AvgIpc) is 2.29. The van der Waals surface area contributed by atoms with E-state index in [1.165, 1.54) is 6.20 Å². The highest BCUT2D eigenvalue weighted by molar-refractivity contribution is 9.10. The molecule has 94 valence electrons. The number of hydrogen-bond acceptors (Lipinski definition) is 2. The van der Waals surface area contributed by atoms with Gasteiger partial charge in [0.05, 0.1) is 5.52 Å². The molecule has 0 aliphatic rings. The first kappa shape index (κ1) is 12.8. The van der Waals surface area contributed by atoms with Crippen molar-refractivity contribution in [3.8, 4) is 0 Å². The minimum atomic E-state index is -1.20. The van der Waals surface area contributed by atoms with E-state index >= 15 is 0 Å². The van der Waals surface area contributed by atoms with Crippen molar-refractivity contribution in [2.24, 2.45) is 0 Å². The van der Waals surface area contributed by atoms with Crippen LogP contribution in [-0.4, -0.2) is 15.6 Å². The minimum absolute atomic E-state index is 0.0601. The molecule has 0 bridgehead atoms. The number of nitrogens with zero attached hydrogens (tertiary/aromatic N) is 1. The summed E-state index contributed by atoms with van der Waals surface area (Å²) >= 11 is 3.40. The molecule has 5 heteroatoms. The van der Waals surface area contributed by atoms with Gasteiger partial charge in [-0.15, -0.1) is 0 Å². The summed E-state index contributed by atoms with van der Waals surface area (Å²) in [6.07, 6.45) is 1.41. The third-order valence-corrected chi connectivity index (χ3v) is 3.43. The Kier molecular flexibility index (Phi) is 3.26. The third kappa shape index (κ3) is 1.95. The van der Waals surface area contributed by atoms with E-state index in [9.17, 15) is 9.59 Å². The van der Waals surface area contributed by atoms with Crippen molar-refractivity contribution in [3.05, 3.63) is 44.7 Å². The van der Waals surface area contributed by atoms with E-state index in [1.807, 2.05) is 19.9 Å². The van der Waals surface area contributed by atoms with Crippen LogP contribution in [0.2, 0.25) is 0 Å². The number of aromatic carboxylic acids is 1. The van der Waals surface area contributed by atoms with Crippen molar-refractivity contribution >= 4 is 32.8 Å². The molecule has 0 saturated carbocycles. The van der Waals surface area contributed by atoms with E-state index in [0.29, 0.717) is 5.39 Å². The van der Waals surface area contributed by atoms with Gasteiger partial charge in [-0.2, -0.15) is 0 Å². The van der Waals surface area contributed by atoms with Crippen molar-refractivity contribution in [3.63, 3.8) is 0 Å². The number of fused-ring (bicyclic) bond motifs is 1. The molecule has 0 aliphatic heterocycles. The van der Waals surface area contributed by atoms with Gasteiger partial charge in [0.2, 0.25) is 5.43 Å². The van der Waals surface area contributed by atoms with Crippen molar-refractivity contribution in [2.75, 3.05) is 0 Å². The molecule has 0 radical (unpaired) electrons. The quantitative estimate of drug-likeness (QED) is 0.927. The predicted octanol–water partition coefficient (Wildman–Crippen LogP) is 3.04. The molecular formula is C13H12BrNO3. The van der Waals surface area contributed by atoms with Crippen LogP contribution in [0.3, 0.4) is 0 Å². The van der Waals surface area contributed by atoms with E-state index in [1.54, 1.807) is 16.7 Å². The van der Waals surface area contributed by atoms with Crippen molar-refractivity contribution in [1.29, 1.82) is 0 Å². The summed E-state index contributed by atoms with van der Waals surface area (Å²) in [6, 6.07) is 5.27. The number of hydrogen-bond donors (Lipinski definition) is 1. The molecule has 0 saturated heterocycles. The lowest BCUT2D eigenvalue weighted by Crippen LogP contribution is -2.19. The molecule has 2 aromatic rings. The summed E-state index contributed by atoms with van der Waals surface area (Å²) < 4.78 is 2.58. The maximum atomic E-state index is 12.1. The molecule has 18 heavy (non-hydrogen) atoms. The van der Waals surface area contributed by atoms with Gasteiger partial charge in [0, 0.05) is 22.1 Å². The second-order valence-electron chi connectivity index (χ2n) is 4.31. The van der Waals surface area contributed by atoms with Gasteiger partial charge in [0.25, 0.3) is 0 Å². The smallest absolute Gasteiger partial charge is 0.341 e. The summed E-state index contributed by atoms with van der Waals surface area (Å²) in [5.41, 5.74) is 0.0764. The zero-order valence-corrected chi connectivity index (χ0v) is 11.6. The summed E-state index contributed by atoms with van der Waals surface area (Å²) in [7, 11) is 0. The van der Waals surface area contributed by atoms with Gasteiger partial charge in [-0.05, 0) is 41.9 Å². The van der Waals surface area contributed by atoms with Crippen LogP contribution in [0.25, 0.3) is 10.9 Å². The SMILES string of the molecule is CC(C)n1cc(C(=O)O)c(=O)c2cccc(Br)c21. The zero-order chi connectivity index (χ0) is 13.4. The first-order chi connectivity index (χ1) is 8.43. The van der Waals surface area contributed by atoms with Crippen LogP contribution in [0.5, 0.6) is 0 Å². The van der Waals surface area contributed by atoms with Gasteiger partial charge >= 0.3 is 5.97 Å².